The minimum Gasteiger partial charge on any atom is -0.504 e. The van der Waals surface area contributed by atoms with Gasteiger partial charge >= 0.3 is 0 Å². The van der Waals surface area contributed by atoms with Gasteiger partial charge in [0.05, 0.1) is 48.3 Å². The zero-order chi connectivity index (χ0) is 53.5. The molecule has 12 heteroatoms. The van der Waals surface area contributed by atoms with Crippen molar-refractivity contribution in [2.75, 3.05) is 66.8 Å². The highest BCUT2D eigenvalue weighted by Crippen LogP contribution is 2.32. The molecule has 0 spiro atoms. The number of hydrogen-bond donors (Lipinski definition) is 1. The average Bonchev–Trinajstić information content (AvgIpc) is 3.98. The van der Waals surface area contributed by atoms with Crippen molar-refractivity contribution in [1.82, 2.24) is 0 Å². The van der Waals surface area contributed by atoms with Crippen LogP contribution in [0.15, 0.2) is 72.8 Å². The maximum absolute atomic E-state index is 10.7. The summed E-state index contributed by atoms with van der Waals surface area (Å²) in [7, 11) is 6.39. The van der Waals surface area contributed by atoms with Crippen LogP contribution in [0.3, 0.4) is 0 Å². The number of carbonyl (C=O) groups excluding carboxylic acids is 2. The van der Waals surface area contributed by atoms with Crippen LogP contribution < -0.4 is 33.2 Å². The van der Waals surface area contributed by atoms with Gasteiger partial charge in [0.2, 0.25) is 0 Å². The molecule has 1 heterocycles. The molecular weight excluding hydrogens is 977 g/mol. The number of rotatable bonds is 26. The number of phenols is 1. The van der Waals surface area contributed by atoms with Crippen LogP contribution in [-0.4, -0.2) is 84.5 Å². The van der Waals surface area contributed by atoms with Crippen LogP contribution in [0, 0.1) is 23.7 Å². The predicted molar refractivity (Wildman–Crippen MR) is 300 cm³/mol. The zero-order valence-corrected chi connectivity index (χ0v) is 47.4. The molecule has 1 N–H and O–H groups in total. The van der Waals surface area contributed by atoms with Crippen LogP contribution in [0.5, 0.6) is 46.0 Å². The Labute approximate surface area is 442 Å². The number of alkyl halides is 1. The summed E-state index contributed by atoms with van der Waals surface area (Å²) in [6.45, 7) is 21.8. The third kappa shape index (κ3) is 30.0. The summed E-state index contributed by atoms with van der Waals surface area (Å²) in [6.07, 6.45) is 17.4. The normalized spacial score (nSPS) is 11.6. The summed E-state index contributed by atoms with van der Waals surface area (Å²) in [5.41, 5.74) is 3.15. The predicted octanol–water partition coefficient (Wildman–Crippen LogP) is 15.7. The van der Waals surface area contributed by atoms with Crippen LogP contribution in [0.1, 0.15) is 151 Å². The Hall–Kier alpha value is -5.20. The first-order valence-corrected chi connectivity index (χ1v) is 26.8. The van der Waals surface area contributed by atoms with E-state index in [1.807, 2.05) is 36.4 Å². The first-order valence-electron chi connectivity index (χ1n) is 25.7. The van der Waals surface area contributed by atoms with Crippen LogP contribution in [-0.2, 0) is 4.74 Å². The lowest BCUT2D eigenvalue weighted by Crippen LogP contribution is -2.01. The minimum atomic E-state index is -0.0166. The molecule has 0 atom stereocenters. The summed E-state index contributed by atoms with van der Waals surface area (Å²) in [5, 5.41) is 10.3. The van der Waals surface area contributed by atoms with Crippen LogP contribution >= 0.6 is 15.9 Å². The number of aromatic hydroxyl groups is 1. The van der Waals surface area contributed by atoms with E-state index in [-0.39, 0.29) is 5.75 Å². The second kappa shape index (κ2) is 40.3. The van der Waals surface area contributed by atoms with Gasteiger partial charge in [-0.25, -0.2) is 0 Å². The molecule has 1 saturated heterocycles. The number of halogens is 1. The molecule has 0 saturated carbocycles. The van der Waals surface area contributed by atoms with Crippen molar-refractivity contribution in [2.45, 2.75) is 120 Å². The molecular formula is C60H89BrO11. The molecule has 0 aliphatic carbocycles. The molecule has 1 aliphatic heterocycles. The smallest absolute Gasteiger partial charge is 0.161 e. The first kappa shape index (κ1) is 64.8. The molecule has 0 bridgehead atoms. The number of aldehydes is 2. The van der Waals surface area contributed by atoms with Gasteiger partial charge in [0, 0.05) is 29.7 Å². The topological polar surface area (TPSA) is 128 Å². The lowest BCUT2D eigenvalue weighted by molar-refractivity contribution is 0.111. The van der Waals surface area contributed by atoms with Gasteiger partial charge in [0.25, 0.3) is 0 Å². The van der Waals surface area contributed by atoms with Crippen LogP contribution in [0.2, 0.25) is 0 Å². The van der Waals surface area contributed by atoms with E-state index in [1.54, 1.807) is 51.7 Å². The van der Waals surface area contributed by atoms with Crippen LogP contribution in [0.25, 0.3) is 12.2 Å². The second-order valence-corrected chi connectivity index (χ2v) is 19.7. The van der Waals surface area contributed by atoms with E-state index in [4.69, 9.17) is 43.0 Å². The van der Waals surface area contributed by atoms with Gasteiger partial charge in [-0.3, -0.25) is 9.59 Å². The Balaban J connectivity index is 0.000000533. The summed E-state index contributed by atoms with van der Waals surface area (Å²) in [4.78, 5) is 20.9. The first-order chi connectivity index (χ1) is 34.6. The highest BCUT2D eigenvalue weighted by Gasteiger charge is 2.09. The monoisotopic (exact) mass is 1060 g/mol. The average molecular weight is 1070 g/mol. The van der Waals surface area contributed by atoms with Gasteiger partial charge in [-0.2, -0.15) is 0 Å². The molecule has 5 rings (SSSR count). The summed E-state index contributed by atoms with van der Waals surface area (Å²) in [5.74, 6) is 7.66. The number of hydrogen-bond acceptors (Lipinski definition) is 11. The zero-order valence-electron chi connectivity index (χ0n) is 45.8. The van der Waals surface area contributed by atoms with Crippen molar-refractivity contribution in [2.24, 2.45) is 23.7 Å². The van der Waals surface area contributed by atoms with E-state index in [1.165, 1.54) is 38.9 Å². The maximum Gasteiger partial charge on any atom is 0.161 e. The molecule has 72 heavy (non-hydrogen) atoms. The van der Waals surface area contributed by atoms with E-state index in [2.05, 4.69) is 83.5 Å². The molecule has 402 valence electrons. The summed E-state index contributed by atoms with van der Waals surface area (Å²) < 4.78 is 43.5. The van der Waals surface area contributed by atoms with Crippen molar-refractivity contribution < 1.29 is 52.6 Å². The fraction of sp³-hybridized carbons (Fsp3) is 0.533. The van der Waals surface area contributed by atoms with Crippen molar-refractivity contribution in [3.8, 4) is 46.0 Å². The molecule has 4 aromatic rings. The Morgan fingerprint density at radius 1 is 0.472 bits per heavy atom. The van der Waals surface area contributed by atoms with Crippen molar-refractivity contribution in [3.63, 3.8) is 0 Å². The van der Waals surface area contributed by atoms with Gasteiger partial charge < -0.3 is 43.0 Å². The lowest BCUT2D eigenvalue weighted by Gasteiger charge is -2.13. The number of carbonyl (C=O) groups is 2. The van der Waals surface area contributed by atoms with Gasteiger partial charge in [-0.05, 0) is 153 Å². The Kier molecular flexibility index (Phi) is 36.3. The second-order valence-electron chi connectivity index (χ2n) is 18.9. The minimum absolute atomic E-state index is 0.0166. The highest BCUT2D eigenvalue weighted by molar-refractivity contribution is 9.09. The van der Waals surface area contributed by atoms with Gasteiger partial charge in [0.15, 0.2) is 46.0 Å². The van der Waals surface area contributed by atoms with E-state index in [9.17, 15) is 9.59 Å². The van der Waals surface area contributed by atoms with Gasteiger partial charge in [0.1, 0.15) is 12.6 Å². The third-order valence-corrected chi connectivity index (χ3v) is 11.4. The fourth-order valence-corrected chi connectivity index (χ4v) is 7.01. The summed E-state index contributed by atoms with van der Waals surface area (Å²) in [6, 6.07) is 21.7. The number of ether oxygens (including phenoxy) is 8. The molecule has 0 unspecified atom stereocenters. The third-order valence-electron chi connectivity index (χ3n) is 10.8. The van der Waals surface area contributed by atoms with Crippen molar-refractivity contribution >= 4 is 40.7 Å². The molecule has 11 nitrogen and oxygen atoms in total. The highest BCUT2D eigenvalue weighted by atomic mass is 79.9. The molecule has 1 fully saturated rings. The molecule has 4 aromatic carbocycles. The maximum atomic E-state index is 10.7. The number of phenolic OH excluding ortho intramolecular Hbond substituents is 1. The molecule has 1 aliphatic rings. The van der Waals surface area contributed by atoms with E-state index >= 15 is 0 Å². The molecule has 0 aromatic heterocycles. The Morgan fingerprint density at radius 2 is 0.792 bits per heavy atom. The molecule has 0 amide bonds. The fourth-order valence-electron chi connectivity index (χ4n) is 6.69. The van der Waals surface area contributed by atoms with E-state index in [0.717, 1.165) is 103 Å². The number of benzene rings is 4. The Bertz CT molecular complexity index is 1980. The Morgan fingerprint density at radius 3 is 1.07 bits per heavy atom. The SMILES string of the molecule is C1CCOC1.CC(C)CCCBr.COc1ccc(/C=C/c2ccc(OC)c(OCCCC(C)C)c2)cc1OCCCC(C)C.COc1ccc(C=O)cc1O.COc1ccc(C=O)cc1OCCCC(C)C. The molecule has 0 radical (unpaired) electrons. The standard InChI is InChI=1S/C28H40O4.C14H20O3.C8H8O3.C6H13Br.C4H8O/c1-21(2)9-7-17-31-27-19-23(13-15-25(27)29-5)11-12-24-14-16-26(30-6)28(20-24)32-18-8-10-22(3)4;1-11(2)5-4-8-17-14-9-12(10-15)6-7-13(14)16-3;1-11-8-3-2-6(5-9)4-7(8)10;1-6(2)4-3-5-7;1-2-4-5-3-1/h11-16,19-22H,7-10,17-18H2,1-6H3;6-7,9-11H,4-5,8H2,1-3H3;2-5,10H,1H3;6H,3-5H2,1-2H3;1-4H2/b12-11+;;;;. The largest absolute Gasteiger partial charge is 0.504 e. The van der Waals surface area contributed by atoms with Crippen molar-refractivity contribution in [1.29, 1.82) is 0 Å². The summed E-state index contributed by atoms with van der Waals surface area (Å²) >= 11 is 3.38. The van der Waals surface area contributed by atoms with Gasteiger partial charge in [-0.1, -0.05) is 102 Å². The van der Waals surface area contributed by atoms with Crippen molar-refractivity contribution in [3.05, 3.63) is 95.1 Å². The lowest BCUT2D eigenvalue weighted by atomic mass is 10.1. The van der Waals surface area contributed by atoms with E-state index < -0.39 is 0 Å². The van der Waals surface area contributed by atoms with Gasteiger partial charge in [-0.15, -0.1) is 0 Å². The quantitative estimate of drug-likeness (QED) is 0.0279. The van der Waals surface area contributed by atoms with Crippen LogP contribution in [0.4, 0.5) is 0 Å². The van der Waals surface area contributed by atoms with E-state index in [0.29, 0.717) is 72.2 Å². The number of methoxy groups -OCH3 is 4.